The summed E-state index contributed by atoms with van der Waals surface area (Å²) >= 11 is 1.82. The first-order valence-corrected chi connectivity index (χ1v) is 23.4. The molecule has 8 aromatic carbocycles. The maximum atomic E-state index is 10.0. The highest BCUT2D eigenvalue weighted by Crippen LogP contribution is 2.63. The van der Waals surface area contributed by atoms with Crippen molar-refractivity contribution in [1.29, 1.82) is 10.5 Å². The van der Waals surface area contributed by atoms with Gasteiger partial charge in [0.05, 0.1) is 62.1 Å². The van der Waals surface area contributed by atoms with Crippen LogP contribution < -0.4 is 0 Å². The zero-order chi connectivity index (χ0) is 45.1. The molecule has 7 heteroatoms. The third-order valence-corrected chi connectivity index (χ3v) is 15.3. The first-order valence-electron chi connectivity index (χ1n) is 22.6. The predicted octanol–water partition coefficient (Wildman–Crippen LogP) is 14.6. The Balaban J connectivity index is 1.00. The Bertz CT molecular complexity index is 4160. The predicted molar refractivity (Wildman–Crippen MR) is 272 cm³/mol. The number of aromatic nitrogens is 4. The molecule has 4 aromatic heterocycles. The summed E-state index contributed by atoms with van der Waals surface area (Å²) in [4.78, 5) is 12.4. The quantitative estimate of drug-likeness (QED) is 0.176. The first-order chi connectivity index (χ1) is 33.6. The van der Waals surface area contributed by atoms with Crippen LogP contribution in [0.3, 0.4) is 0 Å². The molecule has 0 radical (unpaired) electrons. The van der Waals surface area contributed by atoms with E-state index >= 15 is 0 Å². The van der Waals surface area contributed by atoms with Crippen molar-refractivity contribution in [1.82, 2.24) is 19.1 Å². The molecular weight excluding hydrogens is 849 g/mol. The van der Waals surface area contributed by atoms with Gasteiger partial charge in [-0.15, -0.1) is 0 Å². The molecule has 1 aliphatic heterocycles. The van der Waals surface area contributed by atoms with Gasteiger partial charge in [-0.2, -0.15) is 10.5 Å². The van der Waals surface area contributed by atoms with Gasteiger partial charge in [0.15, 0.2) is 0 Å². The third-order valence-electron chi connectivity index (χ3n) is 14.1. The molecule has 0 saturated carbocycles. The van der Waals surface area contributed by atoms with Crippen molar-refractivity contribution in [3.63, 3.8) is 0 Å². The van der Waals surface area contributed by atoms with Crippen LogP contribution in [0.25, 0.3) is 88.6 Å². The average molecular weight is 883 g/mol. The smallest absolute Gasteiger partial charge is 0.0991 e. The lowest BCUT2D eigenvalue weighted by molar-refractivity contribution is 0.720. The molecule has 314 valence electrons. The highest BCUT2D eigenvalue weighted by atomic mass is 32.2. The van der Waals surface area contributed by atoms with E-state index in [2.05, 4.69) is 179 Å². The number of rotatable bonds is 4. The molecule has 12 aromatic rings. The Morgan fingerprint density at radius 3 is 1.47 bits per heavy atom. The normalized spacial score (nSPS) is 13.0. The molecule has 14 rings (SSSR count). The molecule has 6 nitrogen and oxygen atoms in total. The van der Waals surface area contributed by atoms with Crippen molar-refractivity contribution in [2.45, 2.75) is 15.2 Å². The van der Waals surface area contributed by atoms with Crippen LogP contribution in [0.5, 0.6) is 0 Å². The summed E-state index contributed by atoms with van der Waals surface area (Å²) in [6.07, 6.45) is 3.75. The third kappa shape index (κ3) is 5.28. The van der Waals surface area contributed by atoms with Crippen LogP contribution >= 0.6 is 11.8 Å². The second-order valence-electron chi connectivity index (χ2n) is 17.5. The zero-order valence-corrected chi connectivity index (χ0v) is 37.0. The lowest BCUT2D eigenvalue weighted by Gasteiger charge is -2.40. The second-order valence-corrected chi connectivity index (χ2v) is 18.6. The van der Waals surface area contributed by atoms with Crippen LogP contribution in [0, 0.1) is 22.7 Å². The van der Waals surface area contributed by atoms with Crippen molar-refractivity contribution in [3.05, 3.63) is 240 Å². The second kappa shape index (κ2) is 14.5. The first kappa shape index (κ1) is 38.3. The van der Waals surface area contributed by atoms with E-state index in [1.165, 1.54) is 16.0 Å². The highest BCUT2D eigenvalue weighted by molar-refractivity contribution is 7.99. The van der Waals surface area contributed by atoms with E-state index in [0.29, 0.717) is 11.1 Å². The van der Waals surface area contributed by atoms with Gasteiger partial charge in [0, 0.05) is 55.1 Å². The van der Waals surface area contributed by atoms with Gasteiger partial charge in [-0.1, -0.05) is 103 Å². The molecule has 0 fully saturated rings. The fraction of sp³-hybridized carbons (Fsp3) is 0.0164. The van der Waals surface area contributed by atoms with E-state index in [9.17, 15) is 10.5 Å². The zero-order valence-electron chi connectivity index (χ0n) is 36.2. The van der Waals surface area contributed by atoms with Crippen molar-refractivity contribution >= 4 is 55.4 Å². The summed E-state index contributed by atoms with van der Waals surface area (Å²) in [6, 6.07) is 73.4. The van der Waals surface area contributed by atoms with E-state index in [0.717, 1.165) is 105 Å². The van der Waals surface area contributed by atoms with Gasteiger partial charge >= 0.3 is 0 Å². The number of pyridine rings is 2. The SMILES string of the molecule is N#Cc1ccc2c(c1)c1cc(-c3ccc4c(c3)Sc3c(-c5ccc6c(c5)c5cc(C#N)ccc5n6-c5ccccc5)cccc3C43c4cccnc4-c4ncccc43)ccc1n2-c1ccccc1. The minimum atomic E-state index is -0.687. The molecule has 2 aliphatic rings. The molecule has 1 spiro atoms. The van der Waals surface area contributed by atoms with Crippen LogP contribution in [-0.4, -0.2) is 19.1 Å². The minimum Gasteiger partial charge on any atom is -0.309 e. The Morgan fingerprint density at radius 1 is 0.412 bits per heavy atom. The van der Waals surface area contributed by atoms with Crippen LogP contribution in [0.2, 0.25) is 0 Å². The lowest BCUT2D eigenvalue weighted by Crippen LogP contribution is -2.32. The maximum Gasteiger partial charge on any atom is 0.0991 e. The molecule has 0 atom stereocenters. The Kier molecular flexibility index (Phi) is 8.16. The van der Waals surface area contributed by atoms with Crippen LogP contribution in [0.4, 0.5) is 0 Å². The fourth-order valence-corrected chi connectivity index (χ4v) is 12.6. The molecule has 0 saturated heterocycles. The van der Waals surface area contributed by atoms with Gasteiger partial charge in [-0.3, -0.25) is 9.97 Å². The van der Waals surface area contributed by atoms with Gasteiger partial charge < -0.3 is 9.13 Å². The summed E-state index contributed by atoms with van der Waals surface area (Å²) in [7, 11) is 0. The largest absolute Gasteiger partial charge is 0.309 e. The summed E-state index contributed by atoms with van der Waals surface area (Å²) < 4.78 is 4.58. The number of nitrogens with zero attached hydrogens (tertiary/aromatic N) is 6. The Morgan fingerprint density at radius 2 is 0.897 bits per heavy atom. The average Bonchev–Trinajstić information content (AvgIpc) is 4.02. The van der Waals surface area contributed by atoms with Crippen LogP contribution in [0.15, 0.2) is 216 Å². The van der Waals surface area contributed by atoms with E-state index in [1.54, 1.807) is 0 Å². The van der Waals surface area contributed by atoms with Gasteiger partial charge in [-0.05, 0) is 148 Å². The Labute approximate surface area is 395 Å². The summed E-state index contributed by atoms with van der Waals surface area (Å²) in [5, 5.41) is 24.3. The Hall–Kier alpha value is -9.01. The molecule has 5 heterocycles. The molecule has 0 N–H and O–H groups in total. The number of para-hydroxylation sites is 2. The molecule has 1 aliphatic carbocycles. The summed E-state index contributed by atoms with van der Waals surface area (Å²) in [5.41, 5.74) is 17.9. The van der Waals surface area contributed by atoms with Gasteiger partial charge in [0.25, 0.3) is 0 Å². The molecule has 0 unspecified atom stereocenters. The van der Waals surface area contributed by atoms with E-state index in [4.69, 9.17) is 9.97 Å². The number of hydrogen-bond donors (Lipinski definition) is 0. The monoisotopic (exact) mass is 882 g/mol. The van der Waals surface area contributed by atoms with Gasteiger partial charge in [0.2, 0.25) is 0 Å². The van der Waals surface area contributed by atoms with Crippen molar-refractivity contribution in [3.8, 4) is 57.2 Å². The summed E-state index contributed by atoms with van der Waals surface area (Å²) in [6.45, 7) is 0. The van der Waals surface area contributed by atoms with Crippen LogP contribution in [-0.2, 0) is 5.41 Å². The molecule has 0 amide bonds. The number of nitriles is 2. The maximum absolute atomic E-state index is 10.0. The molecular formula is C61H34N6S. The lowest BCUT2D eigenvalue weighted by atomic mass is 9.67. The number of fused-ring (bicyclic) bond motifs is 15. The number of hydrogen-bond acceptors (Lipinski definition) is 5. The fourth-order valence-electron chi connectivity index (χ4n) is 11.3. The summed E-state index contributed by atoms with van der Waals surface area (Å²) in [5.74, 6) is 0. The topological polar surface area (TPSA) is 83.2 Å². The minimum absolute atomic E-state index is 0.630. The van der Waals surface area contributed by atoms with E-state index in [1.807, 2.05) is 60.6 Å². The van der Waals surface area contributed by atoms with Crippen LogP contribution in [0.1, 0.15) is 33.4 Å². The van der Waals surface area contributed by atoms with E-state index < -0.39 is 5.41 Å². The molecule has 0 bridgehead atoms. The van der Waals surface area contributed by atoms with Crippen molar-refractivity contribution in [2.24, 2.45) is 0 Å². The van der Waals surface area contributed by atoms with Crippen molar-refractivity contribution < 1.29 is 0 Å². The van der Waals surface area contributed by atoms with Gasteiger partial charge in [0.1, 0.15) is 0 Å². The van der Waals surface area contributed by atoms with Gasteiger partial charge in [-0.25, -0.2) is 0 Å². The van der Waals surface area contributed by atoms with E-state index in [-0.39, 0.29) is 0 Å². The van der Waals surface area contributed by atoms with Crippen molar-refractivity contribution in [2.75, 3.05) is 0 Å². The number of benzene rings is 8. The standard InChI is InChI=1S/C61H34N6S/c62-35-37-18-24-53-45(30-37)47-32-39(21-26-55(47)66(53)42-10-3-1-4-11-42)40-20-23-49-57(34-40)68-60-44(14-7-15-52(60)61(49)50-16-8-28-64-58(50)59-51(61)17-9-29-65-59)41-22-27-56-48(33-41)46-31-38(36-63)19-25-54(46)67(56)43-12-5-2-6-13-43/h1-34H. The highest BCUT2D eigenvalue weighted by Gasteiger charge is 2.52. The molecule has 68 heavy (non-hydrogen) atoms.